The molecule has 2 heteroatoms. The van der Waals surface area contributed by atoms with Crippen molar-refractivity contribution in [1.29, 1.82) is 0 Å². The van der Waals surface area contributed by atoms with Gasteiger partial charge in [0.05, 0.1) is 6.10 Å². The molecule has 0 saturated heterocycles. The summed E-state index contributed by atoms with van der Waals surface area (Å²) in [6.07, 6.45) is 20.7. The fourth-order valence-corrected chi connectivity index (χ4v) is 8.98. The van der Waals surface area contributed by atoms with Gasteiger partial charge in [-0.1, -0.05) is 71.6 Å². The Labute approximate surface area is 210 Å². The smallest absolute Gasteiger partial charge is 0.0577 e. The van der Waals surface area contributed by atoms with E-state index in [1.807, 2.05) is 18.2 Å². The van der Waals surface area contributed by atoms with Crippen LogP contribution in [0.5, 0.6) is 0 Å². The quantitative estimate of drug-likeness (QED) is 0.442. The lowest BCUT2D eigenvalue weighted by molar-refractivity contribution is -0.0573. The standard InChI is InChI=1S/C27H46O.C5H5N/c1-18(2)7-6-8-19(3)23-11-12-24-22-10-9-20-17-21(28)13-15-26(20,4)25(22)14-16-27(23,24)5;1-2-4-6-5-3-1/h9,18-19,21-25,28H,6-8,10-17H2,1-5H3;1-5H/t19-,21+,22+,23-,24+,25+,26+,27-;/m1./s1. The first kappa shape index (κ1) is 25.9. The van der Waals surface area contributed by atoms with Crippen LogP contribution in [0.15, 0.2) is 42.2 Å². The zero-order chi connectivity index (χ0) is 24.3. The molecule has 3 fully saturated rings. The third-order valence-corrected chi connectivity index (χ3v) is 10.8. The molecule has 0 unspecified atom stereocenters. The second-order valence-electron chi connectivity index (χ2n) is 13.2. The van der Waals surface area contributed by atoms with Gasteiger partial charge in [-0.05, 0) is 110 Å². The summed E-state index contributed by atoms with van der Waals surface area (Å²) in [6.45, 7) is 12.6. The van der Waals surface area contributed by atoms with Crippen molar-refractivity contribution < 1.29 is 5.11 Å². The van der Waals surface area contributed by atoms with Gasteiger partial charge in [-0.2, -0.15) is 0 Å². The van der Waals surface area contributed by atoms with Gasteiger partial charge < -0.3 is 5.11 Å². The van der Waals surface area contributed by atoms with E-state index in [-0.39, 0.29) is 6.10 Å². The molecule has 3 saturated carbocycles. The van der Waals surface area contributed by atoms with Gasteiger partial charge >= 0.3 is 0 Å². The first-order chi connectivity index (χ1) is 16.3. The summed E-state index contributed by atoms with van der Waals surface area (Å²) in [7, 11) is 0. The minimum absolute atomic E-state index is 0.0766. The predicted molar refractivity (Wildman–Crippen MR) is 143 cm³/mol. The average Bonchev–Trinajstić information content (AvgIpc) is 3.18. The van der Waals surface area contributed by atoms with Crippen molar-refractivity contribution in [2.75, 3.05) is 0 Å². The molecule has 0 radical (unpaired) electrons. The SMILES string of the molecule is CC(C)CCC[C@@H](C)[C@H]1CC[C@H]2[C@@H]3CC=C4C[C@@H](O)CC[C@]4(C)[C@H]3CC[C@]12C.c1ccncc1. The van der Waals surface area contributed by atoms with E-state index >= 15 is 0 Å². The highest BCUT2D eigenvalue weighted by Gasteiger charge is 2.59. The van der Waals surface area contributed by atoms with Crippen LogP contribution in [0.2, 0.25) is 0 Å². The summed E-state index contributed by atoms with van der Waals surface area (Å²) in [6, 6.07) is 5.72. The number of pyridine rings is 1. The summed E-state index contributed by atoms with van der Waals surface area (Å²) < 4.78 is 0. The molecule has 1 aromatic rings. The molecule has 0 aromatic carbocycles. The Morgan fingerprint density at radius 3 is 2.35 bits per heavy atom. The summed E-state index contributed by atoms with van der Waals surface area (Å²) >= 11 is 0. The van der Waals surface area contributed by atoms with Crippen molar-refractivity contribution in [2.24, 2.45) is 46.3 Å². The highest BCUT2D eigenvalue weighted by Crippen LogP contribution is 2.67. The van der Waals surface area contributed by atoms with Gasteiger partial charge in [0.2, 0.25) is 0 Å². The second kappa shape index (κ2) is 10.9. The lowest BCUT2D eigenvalue weighted by Crippen LogP contribution is -2.50. The molecule has 5 rings (SSSR count). The minimum Gasteiger partial charge on any atom is -0.393 e. The van der Waals surface area contributed by atoms with Crippen LogP contribution in [0.25, 0.3) is 0 Å². The number of nitrogens with zero attached hydrogens (tertiary/aromatic N) is 1. The summed E-state index contributed by atoms with van der Waals surface area (Å²) in [5.41, 5.74) is 2.60. The van der Waals surface area contributed by atoms with E-state index in [0.717, 1.165) is 48.3 Å². The van der Waals surface area contributed by atoms with Crippen molar-refractivity contribution >= 4 is 0 Å². The van der Waals surface area contributed by atoms with E-state index in [1.165, 1.54) is 57.8 Å². The Bertz CT molecular complexity index is 776. The van der Waals surface area contributed by atoms with Crippen molar-refractivity contribution in [3.05, 3.63) is 42.2 Å². The van der Waals surface area contributed by atoms with E-state index in [1.54, 1.807) is 18.0 Å². The fourth-order valence-electron chi connectivity index (χ4n) is 8.98. The van der Waals surface area contributed by atoms with E-state index in [0.29, 0.717) is 10.8 Å². The van der Waals surface area contributed by atoms with E-state index in [9.17, 15) is 5.11 Å². The first-order valence-electron chi connectivity index (χ1n) is 14.5. The van der Waals surface area contributed by atoms with Crippen LogP contribution < -0.4 is 0 Å². The van der Waals surface area contributed by atoms with Gasteiger partial charge in [-0.25, -0.2) is 0 Å². The zero-order valence-electron chi connectivity index (χ0n) is 22.7. The normalized spacial score (nSPS) is 39.7. The number of rotatable bonds is 5. The van der Waals surface area contributed by atoms with Gasteiger partial charge in [-0.15, -0.1) is 0 Å². The van der Waals surface area contributed by atoms with Gasteiger partial charge in [0.15, 0.2) is 0 Å². The van der Waals surface area contributed by atoms with Gasteiger partial charge in [0.1, 0.15) is 0 Å². The monoisotopic (exact) mass is 465 g/mol. The predicted octanol–water partition coefficient (Wildman–Crippen LogP) is 8.47. The third kappa shape index (κ3) is 5.18. The van der Waals surface area contributed by atoms with Crippen molar-refractivity contribution in [1.82, 2.24) is 4.98 Å². The highest BCUT2D eigenvalue weighted by atomic mass is 16.3. The van der Waals surface area contributed by atoms with E-state index in [2.05, 4.69) is 45.7 Å². The Morgan fingerprint density at radius 1 is 0.941 bits per heavy atom. The second-order valence-corrected chi connectivity index (χ2v) is 13.2. The fraction of sp³-hybridized carbons (Fsp3) is 0.781. The van der Waals surface area contributed by atoms with Crippen LogP contribution in [0.4, 0.5) is 0 Å². The van der Waals surface area contributed by atoms with Crippen LogP contribution in [-0.4, -0.2) is 16.2 Å². The lowest BCUT2D eigenvalue weighted by Gasteiger charge is -2.58. The number of aliphatic hydroxyl groups is 1. The van der Waals surface area contributed by atoms with Gasteiger partial charge in [0, 0.05) is 12.4 Å². The van der Waals surface area contributed by atoms with E-state index in [4.69, 9.17) is 0 Å². The Balaban J connectivity index is 0.000000398. The average molecular weight is 466 g/mol. The molecule has 0 spiro atoms. The van der Waals surface area contributed by atoms with Gasteiger partial charge in [-0.3, -0.25) is 4.98 Å². The molecule has 4 aliphatic rings. The maximum absolute atomic E-state index is 10.2. The highest BCUT2D eigenvalue weighted by molar-refractivity contribution is 5.25. The molecule has 1 heterocycles. The molecule has 8 atom stereocenters. The molecular weight excluding hydrogens is 414 g/mol. The number of aromatic nitrogens is 1. The summed E-state index contributed by atoms with van der Waals surface area (Å²) in [5.74, 6) is 5.46. The van der Waals surface area contributed by atoms with Crippen LogP contribution in [0.1, 0.15) is 105 Å². The minimum atomic E-state index is -0.0766. The molecule has 1 N–H and O–H groups in total. The summed E-state index contributed by atoms with van der Waals surface area (Å²) in [5, 5.41) is 10.2. The maximum Gasteiger partial charge on any atom is 0.0577 e. The molecule has 4 aliphatic carbocycles. The molecule has 0 bridgehead atoms. The van der Waals surface area contributed by atoms with Crippen LogP contribution in [0, 0.1) is 46.3 Å². The van der Waals surface area contributed by atoms with E-state index < -0.39 is 0 Å². The molecule has 190 valence electrons. The molecular formula is C32H51NO. The molecule has 1 aromatic heterocycles. The molecule has 0 aliphatic heterocycles. The number of aliphatic hydroxyl groups excluding tert-OH is 1. The molecule has 0 amide bonds. The molecule has 2 nitrogen and oxygen atoms in total. The van der Waals surface area contributed by atoms with Gasteiger partial charge in [0.25, 0.3) is 0 Å². The summed E-state index contributed by atoms with van der Waals surface area (Å²) in [4.78, 5) is 3.78. The Kier molecular flexibility index (Phi) is 8.28. The molecule has 34 heavy (non-hydrogen) atoms. The first-order valence-corrected chi connectivity index (χ1v) is 14.5. The van der Waals surface area contributed by atoms with Crippen LogP contribution >= 0.6 is 0 Å². The van der Waals surface area contributed by atoms with Crippen LogP contribution in [-0.2, 0) is 0 Å². The Hall–Kier alpha value is -1.15. The van der Waals surface area contributed by atoms with Crippen molar-refractivity contribution in [2.45, 2.75) is 111 Å². The number of hydrogen-bond donors (Lipinski definition) is 1. The largest absolute Gasteiger partial charge is 0.393 e. The third-order valence-electron chi connectivity index (χ3n) is 10.8. The van der Waals surface area contributed by atoms with Crippen molar-refractivity contribution in [3.8, 4) is 0 Å². The Morgan fingerprint density at radius 2 is 1.71 bits per heavy atom. The number of fused-ring (bicyclic) bond motifs is 5. The zero-order valence-corrected chi connectivity index (χ0v) is 22.7. The topological polar surface area (TPSA) is 33.1 Å². The number of hydrogen-bond acceptors (Lipinski definition) is 2. The van der Waals surface area contributed by atoms with Crippen LogP contribution in [0.3, 0.4) is 0 Å². The lowest BCUT2D eigenvalue weighted by atomic mass is 9.47. The number of allylic oxidation sites excluding steroid dienone is 1. The van der Waals surface area contributed by atoms with Crippen molar-refractivity contribution in [3.63, 3.8) is 0 Å². The maximum atomic E-state index is 10.2.